The van der Waals surface area contributed by atoms with E-state index in [0.29, 0.717) is 12.2 Å². The van der Waals surface area contributed by atoms with Crippen LogP contribution < -0.4 is 10.0 Å². The topological polar surface area (TPSA) is 130 Å². The Hall–Kier alpha value is -3.98. The Labute approximate surface area is 211 Å². The maximum Gasteiger partial charge on any atom is 0.490 e. The van der Waals surface area contributed by atoms with Crippen molar-refractivity contribution in [3.8, 4) is 0 Å². The fraction of sp³-hybridized carbons (Fsp3) is 0.136. The minimum Gasteiger partial charge on any atom is -0.475 e. The molecule has 37 heavy (non-hydrogen) atoms. The average Bonchev–Trinajstić information content (AvgIpc) is 3.48. The van der Waals surface area contributed by atoms with Crippen molar-refractivity contribution in [1.29, 1.82) is 0 Å². The Morgan fingerprint density at radius 3 is 2.35 bits per heavy atom. The molecule has 2 heterocycles. The number of nitrogens with zero attached hydrogens (tertiary/aromatic N) is 2. The number of carboxylic acid groups (broad SMARTS) is 1. The molecular weight excluding hydrogens is 540 g/mol. The number of nitrogens with one attached hydrogen (secondary N) is 2. The second kappa shape index (κ2) is 11.0. The van der Waals surface area contributed by atoms with Gasteiger partial charge in [0, 0.05) is 18.1 Å². The number of carboxylic acids is 1. The molecule has 196 valence electrons. The van der Waals surface area contributed by atoms with E-state index in [0.717, 1.165) is 27.8 Å². The molecule has 2 aromatic heterocycles. The van der Waals surface area contributed by atoms with Crippen molar-refractivity contribution < 1.29 is 40.7 Å². The molecule has 0 radical (unpaired) electrons. The quantitative estimate of drug-likeness (QED) is 0.306. The Balaban J connectivity index is 0.000000479. The van der Waals surface area contributed by atoms with Gasteiger partial charge in [0.05, 0.1) is 18.3 Å². The molecule has 2 aromatic carbocycles. The molecule has 4 aromatic rings. The predicted molar refractivity (Wildman–Crippen MR) is 127 cm³/mol. The van der Waals surface area contributed by atoms with Gasteiger partial charge in [-0.25, -0.2) is 17.6 Å². The van der Waals surface area contributed by atoms with E-state index in [9.17, 15) is 30.8 Å². The molecule has 0 aliphatic carbocycles. The molecule has 0 saturated carbocycles. The maximum absolute atomic E-state index is 13.1. The van der Waals surface area contributed by atoms with Gasteiger partial charge in [-0.15, -0.1) is 11.3 Å². The molecular formula is C22H18F4N4O5S2. The molecule has 0 atom stereocenters. The number of sulfonamides is 1. The number of thiophene rings is 1. The molecule has 3 N–H and O–H groups in total. The zero-order chi connectivity index (χ0) is 27.4. The highest BCUT2D eigenvalue weighted by Gasteiger charge is 2.38. The van der Waals surface area contributed by atoms with E-state index in [1.807, 2.05) is 0 Å². The zero-order valence-corrected chi connectivity index (χ0v) is 20.4. The normalized spacial score (nSPS) is 11.5. The number of aliphatic carboxylic acids is 1. The summed E-state index contributed by atoms with van der Waals surface area (Å²) >= 11 is 1.06. The maximum atomic E-state index is 13.1. The monoisotopic (exact) mass is 558 g/mol. The van der Waals surface area contributed by atoms with Crippen LogP contribution in [0.1, 0.15) is 15.2 Å². The highest BCUT2D eigenvalue weighted by molar-refractivity contribution is 7.93. The molecule has 0 fully saturated rings. The molecule has 0 saturated heterocycles. The summed E-state index contributed by atoms with van der Waals surface area (Å²) in [7, 11) is -2.49. The Morgan fingerprint density at radius 1 is 1.11 bits per heavy atom. The fourth-order valence-corrected chi connectivity index (χ4v) is 5.46. The number of aromatic nitrogens is 2. The van der Waals surface area contributed by atoms with Crippen LogP contribution in [-0.4, -0.2) is 48.4 Å². The van der Waals surface area contributed by atoms with E-state index < -0.39 is 28.1 Å². The molecule has 4 rings (SSSR count). The minimum atomic E-state index is -5.08. The highest BCUT2D eigenvalue weighted by atomic mass is 32.2. The average molecular weight is 559 g/mol. The number of carbonyl (C=O) groups is 2. The number of benzene rings is 2. The number of anilines is 1. The molecule has 9 nitrogen and oxygen atoms in total. The number of carbonyl (C=O) groups excluding carboxylic acids is 1. The molecule has 1 amide bonds. The summed E-state index contributed by atoms with van der Waals surface area (Å²) in [6, 6.07) is 12.6. The van der Waals surface area contributed by atoms with Gasteiger partial charge in [0.25, 0.3) is 15.9 Å². The van der Waals surface area contributed by atoms with Crippen LogP contribution in [0.2, 0.25) is 0 Å². The van der Waals surface area contributed by atoms with E-state index in [1.165, 1.54) is 25.2 Å². The van der Waals surface area contributed by atoms with Crippen LogP contribution in [-0.2, 0) is 21.4 Å². The fourth-order valence-electron chi connectivity index (χ4n) is 3.04. The van der Waals surface area contributed by atoms with Crippen molar-refractivity contribution in [2.75, 3.05) is 11.8 Å². The second-order valence-corrected chi connectivity index (χ2v) is 9.87. The number of fused-ring (bicyclic) bond motifs is 1. The van der Waals surface area contributed by atoms with Crippen molar-refractivity contribution in [2.24, 2.45) is 0 Å². The summed E-state index contributed by atoms with van der Waals surface area (Å²) in [5.74, 6) is -3.51. The molecule has 0 bridgehead atoms. The second-order valence-electron chi connectivity index (χ2n) is 7.30. The molecule has 0 aliphatic rings. The molecule has 0 aliphatic heterocycles. The molecule has 15 heteroatoms. The van der Waals surface area contributed by atoms with Crippen molar-refractivity contribution in [2.45, 2.75) is 17.6 Å². The smallest absolute Gasteiger partial charge is 0.475 e. The van der Waals surface area contributed by atoms with Gasteiger partial charge in [-0.05, 0) is 47.3 Å². The summed E-state index contributed by atoms with van der Waals surface area (Å²) in [5.41, 5.74) is 2.06. The van der Waals surface area contributed by atoms with E-state index in [2.05, 4.69) is 15.1 Å². The van der Waals surface area contributed by atoms with Crippen molar-refractivity contribution in [1.82, 2.24) is 15.1 Å². The number of alkyl halides is 3. The number of halogens is 4. The van der Waals surface area contributed by atoms with Crippen molar-refractivity contribution in [3.63, 3.8) is 0 Å². The number of hydrogen-bond donors (Lipinski definition) is 3. The summed E-state index contributed by atoms with van der Waals surface area (Å²) in [6.45, 7) is 0.458. The van der Waals surface area contributed by atoms with Gasteiger partial charge in [0.1, 0.15) is 15.6 Å². The van der Waals surface area contributed by atoms with Gasteiger partial charge in [-0.3, -0.25) is 14.2 Å². The SMILES string of the molecule is CNC(=O)c1sccc1S(=O)(=O)Nc1ccc2c(cnn2Cc2ccc(F)cc2)c1.O=C(O)C(F)(F)F. The van der Waals surface area contributed by atoms with Crippen molar-refractivity contribution >= 4 is 49.8 Å². The van der Waals surface area contributed by atoms with Gasteiger partial charge in [0.15, 0.2) is 0 Å². The third-order valence-corrected chi connectivity index (χ3v) is 7.20. The zero-order valence-electron chi connectivity index (χ0n) is 18.8. The van der Waals surface area contributed by atoms with Crippen LogP contribution in [0.15, 0.2) is 65.0 Å². The lowest BCUT2D eigenvalue weighted by atomic mass is 10.2. The van der Waals surface area contributed by atoms with Gasteiger partial charge >= 0.3 is 12.1 Å². The highest BCUT2D eigenvalue weighted by Crippen LogP contribution is 2.26. The first kappa shape index (κ1) is 27.6. The van der Waals surface area contributed by atoms with Gasteiger partial charge in [0.2, 0.25) is 0 Å². The van der Waals surface area contributed by atoms with Crippen LogP contribution in [0.4, 0.5) is 23.2 Å². The first-order chi connectivity index (χ1) is 17.3. The van der Waals surface area contributed by atoms with Crippen LogP contribution in [0.5, 0.6) is 0 Å². The largest absolute Gasteiger partial charge is 0.490 e. The van der Waals surface area contributed by atoms with Crippen LogP contribution in [0.3, 0.4) is 0 Å². The predicted octanol–water partition coefficient (Wildman–Crippen LogP) is 4.08. The summed E-state index contributed by atoms with van der Waals surface area (Å²) in [6.07, 6.45) is -3.45. The minimum absolute atomic E-state index is 0.0704. The van der Waals surface area contributed by atoms with Gasteiger partial charge < -0.3 is 10.4 Å². The Bertz CT molecular complexity index is 1530. The number of rotatable bonds is 6. The summed E-state index contributed by atoms with van der Waals surface area (Å²) < 4.78 is 74.7. The number of hydrogen-bond acceptors (Lipinski definition) is 6. The van der Waals surface area contributed by atoms with E-state index in [4.69, 9.17) is 9.90 Å². The standard InChI is InChI=1S/C20H17FN4O3S2.C2HF3O2/c1-22-20(26)19-18(8-9-29-19)30(27,28)24-16-6-7-17-14(10-16)11-23-25(17)12-13-2-4-15(21)5-3-13;3-2(4,5)1(6)7/h2-11,24H,12H2,1H3,(H,22,26);(H,6,7). The first-order valence-corrected chi connectivity index (χ1v) is 12.5. The third-order valence-electron chi connectivity index (χ3n) is 4.73. The summed E-state index contributed by atoms with van der Waals surface area (Å²) in [4.78, 5) is 20.9. The third kappa shape index (κ3) is 6.83. The molecule has 0 spiro atoms. The summed E-state index contributed by atoms with van der Waals surface area (Å²) in [5, 5.41) is 16.2. The lowest BCUT2D eigenvalue weighted by Crippen LogP contribution is -2.21. The van der Waals surface area contributed by atoms with Gasteiger partial charge in [-0.2, -0.15) is 18.3 Å². The number of amides is 1. The lowest BCUT2D eigenvalue weighted by Gasteiger charge is -2.09. The van der Waals surface area contributed by atoms with Crippen molar-refractivity contribution in [3.05, 3.63) is 76.4 Å². The van der Waals surface area contributed by atoms with E-state index in [1.54, 1.807) is 46.6 Å². The molecule has 0 unspecified atom stereocenters. The van der Waals surface area contributed by atoms with E-state index in [-0.39, 0.29) is 15.6 Å². The van der Waals surface area contributed by atoms with Crippen LogP contribution in [0, 0.1) is 5.82 Å². The van der Waals surface area contributed by atoms with Gasteiger partial charge in [-0.1, -0.05) is 12.1 Å². The Kier molecular flexibility index (Phi) is 8.18. The lowest BCUT2D eigenvalue weighted by molar-refractivity contribution is -0.192. The first-order valence-electron chi connectivity index (χ1n) is 10.1. The van der Waals surface area contributed by atoms with Crippen LogP contribution >= 0.6 is 11.3 Å². The van der Waals surface area contributed by atoms with Crippen LogP contribution in [0.25, 0.3) is 10.9 Å². The van der Waals surface area contributed by atoms with E-state index >= 15 is 0 Å². The Morgan fingerprint density at radius 2 is 1.76 bits per heavy atom.